The third-order valence-corrected chi connectivity index (χ3v) is 4.53. The summed E-state index contributed by atoms with van der Waals surface area (Å²) in [6, 6.07) is 0.856. The molecular weight excluding hydrogens is 234 g/mol. The van der Waals surface area contributed by atoms with Crippen LogP contribution in [0.3, 0.4) is 0 Å². The number of nitrogens with one attached hydrogen (secondary N) is 1. The fourth-order valence-electron chi connectivity index (χ4n) is 2.00. The van der Waals surface area contributed by atoms with Crippen molar-refractivity contribution < 1.29 is 4.74 Å². The van der Waals surface area contributed by atoms with Crippen molar-refractivity contribution >= 4 is 16.5 Å². The molecule has 1 aromatic heterocycles. The maximum atomic E-state index is 5.52. The van der Waals surface area contributed by atoms with Crippen LogP contribution in [0.5, 0.6) is 0 Å². The molecule has 1 saturated heterocycles. The summed E-state index contributed by atoms with van der Waals surface area (Å²) in [7, 11) is 1.98. The van der Waals surface area contributed by atoms with Gasteiger partial charge < -0.3 is 15.0 Å². The third-order valence-electron chi connectivity index (χ3n) is 3.32. The molecule has 1 aliphatic rings. The van der Waals surface area contributed by atoms with E-state index in [0.29, 0.717) is 12.1 Å². The summed E-state index contributed by atoms with van der Waals surface area (Å²) in [5, 5.41) is 4.39. The number of hydrogen-bond donors (Lipinski definition) is 1. The molecule has 5 heteroatoms. The fourth-order valence-corrected chi connectivity index (χ4v) is 3.07. The quantitative estimate of drug-likeness (QED) is 0.893. The van der Waals surface area contributed by atoms with E-state index in [4.69, 9.17) is 4.74 Å². The first-order valence-corrected chi connectivity index (χ1v) is 7.05. The third kappa shape index (κ3) is 2.78. The van der Waals surface area contributed by atoms with Crippen LogP contribution in [0.15, 0.2) is 6.20 Å². The van der Waals surface area contributed by atoms with Crippen molar-refractivity contribution in [2.45, 2.75) is 32.4 Å². The van der Waals surface area contributed by atoms with Crippen LogP contribution in [0.4, 0.5) is 5.13 Å². The van der Waals surface area contributed by atoms with Crippen LogP contribution >= 0.6 is 11.3 Å². The molecule has 1 fully saturated rings. The van der Waals surface area contributed by atoms with Crippen LogP contribution in [-0.4, -0.2) is 37.8 Å². The largest absolute Gasteiger partial charge is 0.377 e. The van der Waals surface area contributed by atoms with Crippen LogP contribution in [0.1, 0.15) is 31.2 Å². The van der Waals surface area contributed by atoms with E-state index < -0.39 is 0 Å². The molecule has 2 atom stereocenters. The normalized spacial score (nSPS) is 22.8. The topological polar surface area (TPSA) is 37.4 Å². The Morgan fingerprint density at radius 3 is 3.24 bits per heavy atom. The molecule has 2 heterocycles. The molecule has 0 aliphatic carbocycles. The number of aromatic nitrogens is 1. The summed E-state index contributed by atoms with van der Waals surface area (Å²) in [4.78, 5) is 8.24. The van der Waals surface area contributed by atoms with E-state index in [1.807, 2.05) is 13.2 Å². The summed E-state index contributed by atoms with van der Waals surface area (Å²) < 4.78 is 5.52. The molecule has 0 bridgehead atoms. The average Bonchev–Trinajstić information content (AvgIpc) is 2.87. The Morgan fingerprint density at radius 1 is 1.71 bits per heavy atom. The van der Waals surface area contributed by atoms with Gasteiger partial charge in [0, 0.05) is 23.7 Å². The fraction of sp³-hybridized carbons (Fsp3) is 0.750. The van der Waals surface area contributed by atoms with Crippen LogP contribution in [0, 0.1) is 0 Å². The van der Waals surface area contributed by atoms with Crippen molar-refractivity contribution in [1.29, 1.82) is 0 Å². The van der Waals surface area contributed by atoms with E-state index in [9.17, 15) is 0 Å². The van der Waals surface area contributed by atoms with Crippen molar-refractivity contribution in [2.24, 2.45) is 0 Å². The van der Waals surface area contributed by atoms with Gasteiger partial charge in [-0.2, -0.15) is 0 Å². The monoisotopic (exact) mass is 255 g/mol. The number of rotatable bonds is 4. The summed E-state index contributed by atoms with van der Waals surface area (Å²) in [5.74, 6) is 0. The second-order valence-electron chi connectivity index (χ2n) is 4.39. The Morgan fingerprint density at radius 2 is 2.53 bits per heavy atom. The molecule has 17 heavy (non-hydrogen) atoms. The Kier molecular flexibility index (Phi) is 4.36. The van der Waals surface area contributed by atoms with Crippen molar-refractivity contribution in [1.82, 2.24) is 10.3 Å². The van der Waals surface area contributed by atoms with Gasteiger partial charge in [-0.15, -0.1) is 11.3 Å². The highest BCUT2D eigenvalue weighted by Crippen LogP contribution is 2.29. The maximum Gasteiger partial charge on any atom is 0.185 e. The molecular formula is C12H21N3OS. The number of ether oxygens (including phenoxy) is 1. The number of anilines is 1. The number of nitrogens with zero attached hydrogens (tertiary/aromatic N) is 2. The van der Waals surface area contributed by atoms with E-state index in [1.165, 1.54) is 4.88 Å². The lowest BCUT2D eigenvalue weighted by Gasteiger charge is -2.34. The second kappa shape index (κ2) is 5.80. The molecule has 1 aliphatic heterocycles. The lowest BCUT2D eigenvalue weighted by atomic mass is 10.2. The minimum absolute atomic E-state index is 0.377. The van der Waals surface area contributed by atoms with E-state index in [0.717, 1.165) is 31.3 Å². The molecule has 1 aromatic rings. The van der Waals surface area contributed by atoms with Gasteiger partial charge in [0.1, 0.15) is 0 Å². The molecule has 0 amide bonds. The van der Waals surface area contributed by atoms with Gasteiger partial charge in [0.2, 0.25) is 0 Å². The highest BCUT2D eigenvalue weighted by Gasteiger charge is 2.24. The first-order valence-electron chi connectivity index (χ1n) is 6.23. The summed E-state index contributed by atoms with van der Waals surface area (Å²) in [5.41, 5.74) is 0. The first-order chi connectivity index (χ1) is 8.26. The average molecular weight is 255 g/mol. The highest BCUT2D eigenvalue weighted by molar-refractivity contribution is 7.15. The van der Waals surface area contributed by atoms with E-state index in [2.05, 4.69) is 29.0 Å². The molecule has 0 spiro atoms. The molecule has 0 aromatic carbocycles. The number of morpholine rings is 1. The van der Waals surface area contributed by atoms with Gasteiger partial charge in [0.05, 0.1) is 19.3 Å². The van der Waals surface area contributed by atoms with E-state index >= 15 is 0 Å². The van der Waals surface area contributed by atoms with Crippen molar-refractivity contribution in [3.63, 3.8) is 0 Å². The smallest absolute Gasteiger partial charge is 0.185 e. The van der Waals surface area contributed by atoms with Crippen LogP contribution in [0.25, 0.3) is 0 Å². The molecule has 96 valence electrons. The van der Waals surface area contributed by atoms with Crippen molar-refractivity contribution in [3.05, 3.63) is 11.1 Å². The van der Waals surface area contributed by atoms with Crippen molar-refractivity contribution in [3.8, 4) is 0 Å². The zero-order chi connectivity index (χ0) is 12.3. The van der Waals surface area contributed by atoms with Gasteiger partial charge >= 0.3 is 0 Å². The van der Waals surface area contributed by atoms with Gasteiger partial charge in [0.25, 0.3) is 0 Å². The van der Waals surface area contributed by atoms with Crippen LogP contribution < -0.4 is 10.2 Å². The number of thiazole rings is 1. The Bertz CT molecular complexity index is 355. The van der Waals surface area contributed by atoms with Gasteiger partial charge in [-0.25, -0.2) is 4.98 Å². The van der Waals surface area contributed by atoms with E-state index in [1.54, 1.807) is 11.3 Å². The van der Waals surface area contributed by atoms with Crippen molar-refractivity contribution in [2.75, 3.05) is 31.7 Å². The van der Waals surface area contributed by atoms with Gasteiger partial charge in [-0.3, -0.25) is 0 Å². The SMILES string of the molecule is CCC1COCCN1c1ncc(C(C)NC)s1. The summed E-state index contributed by atoms with van der Waals surface area (Å²) in [6.45, 7) is 6.96. The Balaban J connectivity index is 2.12. The van der Waals surface area contributed by atoms with E-state index in [-0.39, 0.29) is 0 Å². The standard InChI is InChI=1S/C12H21N3OS/c1-4-10-8-16-6-5-15(10)12-14-7-11(17-12)9(2)13-3/h7,9-10,13H,4-6,8H2,1-3H3. The molecule has 2 unspecified atom stereocenters. The predicted octanol–water partition coefficient (Wildman–Crippen LogP) is 2.04. The lowest BCUT2D eigenvalue weighted by molar-refractivity contribution is 0.0930. The Labute approximate surface area is 107 Å². The molecule has 2 rings (SSSR count). The number of hydrogen-bond acceptors (Lipinski definition) is 5. The summed E-state index contributed by atoms with van der Waals surface area (Å²) in [6.07, 6.45) is 3.10. The van der Waals surface area contributed by atoms with Gasteiger partial charge in [-0.1, -0.05) is 6.92 Å². The summed E-state index contributed by atoms with van der Waals surface area (Å²) >= 11 is 1.79. The molecule has 4 nitrogen and oxygen atoms in total. The van der Waals surface area contributed by atoms with Gasteiger partial charge in [0.15, 0.2) is 5.13 Å². The minimum Gasteiger partial charge on any atom is -0.377 e. The maximum absolute atomic E-state index is 5.52. The minimum atomic E-state index is 0.377. The predicted molar refractivity (Wildman–Crippen MR) is 71.8 cm³/mol. The van der Waals surface area contributed by atoms with Crippen LogP contribution in [0.2, 0.25) is 0 Å². The zero-order valence-corrected chi connectivity index (χ0v) is 11.6. The molecule has 0 saturated carbocycles. The van der Waals surface area contributed by atoms with Crippen LogP contribution in [-0.2, 0) is 4.74 Å². The molecule has 1 N–H and O–H groups in total. The Hall–Kier alpha value is -0.650. The zero-order valence-electron chi connectivity index (χ0n) is 10.8. The first kappa shape index (κ1) is 12.8. The highest BCUT2D eigenvalue weighted by atomic mass is 32.1. The lowest BCUT2D eigenvalue weighted by Crippen LogP contribution is -2.45. The van der Waals surface area contributed by atoms with Gasteiger partial charge in [-0.05, 0) is 20.4 Å². The molecule has 0 radical (unpaired) electrons. The second-order valence-corrected chi connectivity index (χ2v) is 5.43.